The van der Waals surface area contributed by atoms with Crippen LogP contribution in [0.15, 0.2) is 59.9 Å². The Bertz CT molecular complexity index is 363. The third kappa shape index (κ3) is 2.33. The molecule has 2 nitrogen and oxygen atoms in total. The van der Waals surface area contributed by atoms with Gasteiger partial charge in [0.25, 0.3) is 0 Å². The van der Waals surface area contributed by atoms with Crippen LogP contribution in [0.3, 0.4) is 0 Å². The molecule has 0 aliphatic carbocycles. The standard InChI is InChI=1S/C12H12N2/c1-3-7-12(8-4-1)11-13-14-9-5-2-6-10-14/h1-9,11H,10H2. The average molecular weight is 184 g/mol. The first-order chi connectivity index (χ1) is 6.95. The van der Waals surface area contributed by atoms with Crippen molar-refractivity contribution in [3.05, 3.63) is 60.3 Å². The molecule has 1 aromatic carbocycles. The zero-order chi connectivity index (χ0) is 9.64. The Balaban J connectivity index is 2.01. The number of nitrogens with zero attached hydrogens (tertiary/aromatic N) is 2. The molecule has 0 spiro atoms. The van der Waals surface area contributed by atoms with Crippen molar-refractivity contribution in [3.63, 3.8) is 0 Å². The highest BCUT2D eigenvalue weighted by Gasteiger charge is 1.94. The summed E-state index contributed by atoms with van der Waals surface area (Å²) in [5.41, 5.74) is 1.12. The van der Waals surface area contributed by atoms with E-state index in [-0.39, 0.29) is 0 Å². The normalized spacial score (nSPS) is 15.3. The van der Waals surface area contributed by atoms with Crippen molar-refractivity contribution in [2.45, 2.75) is 0 Å². The first kappa shape index (κ1) is 8.75. The van der Waals surface area contributed by atoms with Crippen LogP contribution in [0.5, 0.6) is 0 Å². The maximum absolute atomic E-state index is 4.32. The second kappa shape index (κ2) is 4.42. The number of rotatable bonds is 2. The highest BCUT2D eigenvalue weighted by molar-refractivity contribution is 5.79. The van der Waals surface area contributed by atoms with E-state index in [1.54, 1.807) is 0 Å². The predicted molar refractivity (Wildman–Crippen MR) is 59.0 cm³/mol. The number of allylic oxidation sites excluding steroid dienone is 2. The van der Waals surface area contributed by atoms with Crippen LogP contribution in [0.4, 0.5) is 0 Å². The Hall–Kier alpha value is -1.83. The Morgan fingerprint density at radius 1 is 1.14 bits per heavy atom. The molecule has 1 heterocycles. The topological polar surface area (TPSA) is 15.6 Å². The van der Waals surface area contributed by atoms with Crippen LogP contribution in [0.25, 0.3) is 0 Å². The van der Waals surface area contributed by atoms with Gasteiger partial charge < -0.3 is 0 Å². The van der Waals surface area contributed by atoms with Crippen molar-refractivity contribution in [3.8, 4) is 0 Å². The first-order valence-electron chi connectivity index (χ1n) is 4.64. The quantitative estimate of drug-likeness (QED) is 0.644. The third-order valence-electron chi connectivity index (χ3n) is 1.95. The molecular weight excluding hydrogens is 172 g/mol. The minimum Gasteiger partial charge on any atom is -0.269 e. The van der Waals surface area contributed by atoms with Gasteiger partial charge in [-0.1, -0.05) is 42.5 Å². The van der Waals surface area contributed by atoms with Crippen LogP contribution in [-0.2, 0) is 0 Å². The maximum atomic E-state index is 4.32. The maximum Gasteiger partial charge on any atom is 0.0592 e. The summed E-state index contributed by atoms with van der Waals surface area (Å²) in [7, 11) is 0. The molecule has 0 N–H and O–H groups in total. The molecule has 0 amide bonds. The molecule has 0 saturated carbocycles. The average Bonchev–Trinajstić information content (AvgIpc) is 2.29. The SMILES string of the molecule is C1=CCN(N=Cc2ccccc2)C=C1. The molecule has 0 aromatic heterocycles. The molecule has 1 aromatic rings. The largest absolute Gasteiger partial charge is 0.269 e. The van der Waals surface area contributed by atoms with Gasteiger partial charge in [-0.15, -0.1) is 0 Å². The lowest BCUT2D eigenvalue weighted by Crippen LogP contribution is -2.11. The summed E-state index contributed by atoms with van der Waals surface area (Å²) in [6.07, 6.45) is 9.89. The smallest absolute Gasteiger partial charge is 0.0592 e. The lowest BCUT2D eigenvalue weighted by molar-refractivity contribution is 0.442. The van der Waals surface area contributed by atoms with E-state index in [0.29, 0.717) is 0 Å². The molecule has 2 heteroatoms. The van der Waals surface area contributed by atoms with Gasteiger partial charge in [-0.2, -0.15) is 5.10 Å². The van der Waals surface area contributed by atoms with E-state index < -0.39 is 0 Å². The molecule has 1 aliphatic heterocycles. The van der Waals surface area contributed by atoms with Gasteiger partial charge in [0.1, 0.15) is 0 Å². The minimum absolute atomic E-state index is 0.847. The summed E-state index contributed by atoms with van der Waals surface area (Å²) in [6, 6.07) is 10.1. The van der Waals surface area contributed by atoms with E-state index in [0.717, 1.165) is 12.1 Å². The summed E-state index contributed by atoms with van der Waals surface area (Å²) in [6.45, 7) is 0.847. The zero-order valence-electron chi connectivity index (χ0n) is 7.88. The number of benzene rings is 1. The van der Waals surface area contributed by atoms with Crippen LogP contribution < -0.4 is 0 Å². The molecule has 1 aliphatic rings. The van der Waals surface area contributed by atoms with Crippen LogP contribution in [0, 0.1) is 0 Å². The summed E-state index contributed by atoms with van der Waals surface area (Å²) in [5.74, 6) is 0. The fraction of sp³-hybridized carbons (Fsp3) is 0.0833. The van der Waals surface area contributed by atoms with E-state index in [9.17, 15) is 0 Å². The minimum atomic E-state index is 0.847. The second-order valence-corrected chi connectivity index (χ2v) is 3.05. The fourth-order valence-electron chi connectivity index (χ4n) is 1.22. The zero-order valence-corrected chi connectivity index (χ0v) is 7.88. The van der Waals surface area contributed by atoms with Crippen molar-refractivity contribution in [1.29, 1.82) is 0 Å². The van der Waals surface area contributed by atoms with Crippen molar-refractivity contribution in [2.75, 3.05) is 6.54 Å². The van der Waals surface area contributed by atoms with Crippen molar-refractivity contribution >= 4 is 6.21 Å². The number of hydrogen-bond donors (Lipinski definition) is 0. The molecule has 0 unspecified atom stereocenters. The highest BCUT2D eigenvalue weighted by atomic mass is 15.4. The fourth-order valence-corrected chi connectivity index (χ4v) is 1.22. The van der Waals surface area contributed by atoms with Crippen LogP contribution >= 0.6 is 0 Å². The van der Waals surface area contributed by atoms with Gasteiger partial charge in [0.2, 0.25) is 0 Å². The highest BCUT2D eigenvalue weighted by Crippen LogP contribution is 2.00. The molecule has 14 heavy (non-hydrogen) atoms. The van der Waals surface area contributed by atoms with Crippen LogP contribution in [0.2, 0.25) is 0 Å². The Morgan fingerprint density at radius 3 is 2.71 bits per heavy atom. The second-order valence-electron chi connectivity index (χ2n) is 3.05. The summed E-state index contributed by atoms with van der Waals surface area (Å²) >= 11 is 0. The third-order valence-corrected chi connectivity index (χ3v) is 1.95. The summed E-state index contributed by atoms with van der Waals surface area (Å²) in [5, 5.41) is 6.22. The summed E-state index contributed by atoms with van der Waals surface area (Å²) < 4.78 is 0. The lowest BCUT2D eigenvalue weighted by atomic mass is 10.2. The van der Waals surface area contributed by atoms with Gasteiger partial charge in [0.05, 0.1) is 12.8 Å². The van der Waals surface area contributed by atoms with E-state index >= 15 is 0 Å². The monoisotopic (exact) mass is 184 g/mol. The summed E-state index contributed by atoms with van der Waals surface area (Å²) in [4.78, 5) is 0. The Kier molecular flexibility index (Phi) is 2.76. The van der Waals surface area contributed by atoms with E-state index in [2.05, 4.69) is 11.2 Å². The van der Waals surface area contributed by atoms with Gasteiger partial charge in [-0.3, -0.25) is 5.01 Å². The van der Waals surface area contributed by atoms with Crippen molar-refractivity contribution in [1.82, 2.24) is 5.01 Å². The van der Waals surface area contributed by atoms with Crippen LogP contribution in [0.1, 0.15) is 5.56 Å². The van der Waals surface area contributed by atoms with Crippen molar-refractivity contribution in [2.24, 2.45) is 5.10 Å². The van der Waals surface area contributed by atoms with E-state index in [1.165, 1.54) is 0 Å². The molecule has 0 bridgehead atoms. The first-order valence-corrected chi connectivity index (χ1v) is 4.64. The molecule has 0 atom stereocenters. The van der Waals surface area contributed by atoms with Gasteiger partial charge in [0, 0.05) is 6.20 Å². The molecular formula is C12H12N2. The molecule has 0 radical (unpaired) electrons. The lowest BCUT2D eigenvalue weighted by Gasteiger charge is -2.13. The van der Waals surface area contributed by atoms with Gasteiger partial charge in [-0.25, -0.2) is 0 Å². The van der Waals surface area contributed by atoms with Gasteiger partial charge in [0.15, 0.2) is 0 Å². The number of hydrazone groups is 1. The molecule has 70 valence electrons. The predicted octanol–water partition coefficient (Wildman–Crippen LogP) is 2.41. The molecule has 0 fully saturated rings. The van der Waals surface area contributed by atoms with Crippen molar-refractivity contribution < 1.29 is 0 Å². The van der Waals surface area contributed by atoms with Gasteiger partial charge >= 0.3 is 0 Å². The Labute approximate surface area is 83.9 Å². The molecule has 0 saturated heterocycles. The molecule has 2 rings (SSSR count). The van der Waals surface area contributed by atoms with E-state index in [1.807, 2.05) is 59.9 Å². The Morgan fingerprint density at radius 2 is 2.00 bits per heavy atom. The van der Waals surface area contributed by atoms with Gasteiger partial charge in [-0.05, 0) is 11.6 Å². The van der Waals surface area contributed by atoms with E-state index in [4.69, 9.17) is 0 Å². The number of hydrogen-bond acceptors (Lipinski definition) is 2. The van der Waals surface area contributed by atoms with Crippen LogP contribution in [-0.4, -0.2) is 17.8 Å².